The summed E-state index contributed by atoms with van der Waals surface area (Å²) in [5, 5.41) is 0. The first-order valence-corrected chi connectivity index (χ1v) is 6.05. The van der Waals surface area contributed by atoms with Gasteiger partial charge in [0.25, 0.3) is 0 Å². The van der Waals surface area contributed by atoms with E-state index in [-0.39, 0.29) is 0 Å². The van der Waals surface area contributed by atoms with E-state index in [1.165, 1.54) is 0 Å². The SMILES string of the molecule is CN(CCN(C)Cc1cnc[nH]1)Cc1cnc[nH]1. The summed E-state index contributed by atoms with van der Waals surface area (Å²) in [5.41, 5.74) is 2.29. The molecule has 0 saturated heterocycles. The van der Waals surface area contributed by atoms with Gasteiger partial charge in [-0.1, -0.05) is 0 Å². The monoisotopic (exact) mass is 248 g/mol. The lowest BCUT2D eigenvalue weighted by Crippen LogP contribution is -2.30. The minimum atomic E-state index is 0.901. The van der Waals surface area contributed by atoms with Gasteiger partial charge in [0, 0.05) is 50.0 Å². The van der Waals surface area contributed by atoms with Gasteiger partial charge in [-0.2, -0.15) is 0 Å². The van der Waals surface area contributed by atoms with Crippen LogP contribution < -0.4 is 0 Å². The van der Waals surface area contributed by atoms with Crippen molar-refractivity contribution in [2.24, 2.45) is 0 Å². The number of H-pyrrole nitrogens is 2. The van der Waals surface area contributed by atoms with Crippen LogP contribution in [-0.2, 0) is 13.1 Å². The number of rotatable bonds is 7. The van der Waals surface area contributed by atoms with Gasteiger partial charge in [-0.25, -0.2) is 9.97 Å². The van der Waals surface area contributed by atoms with Crippen LogP contribution in [0, 0.1) is 0 Å². The van der Waals surface area contributed by atoms with Crippen molar-refractivity contribution in [3.8, 4) is 0 Å². The van der Waals surface area contributed by atoms with Gasteiger partial charge in [-0.3, -0.25) is 9.80 Å². The molecule has 6 nitrogen and oxygen atoms in total. The van der Waals surface area contributed by atoms with Crippen LogP contribution in [0.15, 0.2) is 25.0 Å². The first-order valence-electron chi connectivity index (χ1n) is 6.05. The number of nitrogens with zero attached hydrogens (tertiary/aromatic N) is 4. The van der Waals surface area contributed by atoms with Crippen molar-refractivity contribution in [3.05, 3.63) is 36.4 Å². The number of imidazole rings is 2. The minimum absolute atomic E-state index is 0.901. The molecule has 2 N–H and O–H groups in total. The average Bonchev–Trinajstić information content (AvgIpc) is 2.99. The van der Waals surface area contributed by atoms with Crippen LogP contribution in [-0.4, -0.2) is 56.9 Å². The van der Waals surface area contributed by atoms with E-state index in [1.54, 1.807) is 12.7 Å². The van der Waals surface area contributed by atoms with Crippen molar-refractivity contribution in [1.29, 1.82) is 0 Å². The normalized spacial score (nSPS) is 11.6. The zero-order valence-corrected chi connectivity index (χ0v) is 10.9. The van der Waals surface area contributed by atoms with E-state index in [2.05, 4.69) is 43.8 Å². The van der Waals surface area contributed by atoms with E-state index in [0.717, 1.165) is 37.6 Å². The van der Waals surface area contributed by atoms with E-state index in [4.69, 9.17) is 0 Å². The topological polar surface area (TPSA) is 63.8 Å². The highest BCUT2D eigenvalue weighted by molar-refractivity contribution is 4.94. The average molecular weight is 248 g/mol. The molecule has 0 spiro atoms. The fraction of sp³-hybridized carbons (Fsp3) is 0.500. The number of aromatic nitrogens is 4. The number of hydrogen-bond acceptors (Lipinski definition) is 4. The van der Waals surface area contributed by atoms with Crippen LogP contribution in [0.2, 0.25) is 0 Å². The number of hydrogen-bond donors (Lipinski definition) is 2. The molecule has 0 aliphatic rings. The van der Waals surface area contributed by atoms with Crippen LogP contribution >= 0.6 is 0 Å². The largest absolute Gasteiger partial charge is 0.347 e. The molecule has 18 heavy (non-hydrogen) atoms. The summed E-state index contributed by atoms with van der Waals surface area (Å²) < 4.78 is 0. The van der Waals surface area contributed by atoms with Crippen LogP contribution in [0.3, 0.4) is 0 Å². The lowest BCUT2D eigenvalue weighted by Gasteiger charge is -2.21. The molecule has 0 fully saturated rings. The highest BCUT2D eigenvalue weighted by Crippen LogP contribution is 2.00. The number of aromatic amines is 2. The van der Waals surface area contributed by atoms with Gasteiger partial charge >= 0.3 is 0 Å². The molecule has 2 aromatic heterocycles. The lowest BCUT2D eigenvalue weighted by atomic mass is 10.4. The highest BCUT2D eigenvalue weighted by Gasteiger charge is 2.05. The Labute approximate surface area is 107 Å². The Morgan fingerprint density at radius 3 is 1.67 bits per heavy atom. The first-order chi connectivity index (χ1) is 8.74. The maximum atomic E-state index is 4.02. The number of nitrogens with one attached hydrogen (secondary N) is 2. The van der Waals surface area contributed by atoms with E-state index < -0.39 is 0 Å². The lowest BCUT2D eigenvalue weighted by molar-refractivity contribution is 0.244. The van der Waals surface area contributed by atoms with Gasteiger partial charge in [0.15, 0.2) is 0 Å². The van der Waals surface area contributed by atoms with Crippen molar-refractivity contribution in [2.45, 2.75) is 13.1 Å². The molecule has 0 aliphatic carbocycles. The van der Waals surface area contributed by atoms with Gasteiger partial charge in [-0.05, 0) is 14.1 Å². The third-order valence-electron chi connectivity index (χ3n) is 2.85. The second-order valence-corrected chi connectivity index (χ2v) is 4.63. The molecule has 0 aliphatic heterocycles. The molecule has 0 saturated carbocycles. The summed E-state index contributed by atoms with van der Waals surface area (Å²) in [4.78, 5) is 18.8. The van der Waals surface area contributed by atoms with E-state index in [9.17, 15) is 0 Å². The fourth-order valence-corrected chi connectivity index (χ4v) is 1.82. The zero-order chi connectivity index (χ0) is 12.8. The van der Waals surface area contributed by atoms with Gasteiger partial charge < -0.3 is 9.97 Å². The number of likely N-dealkylation sites (N-methyl/N-ethyl adjacent to an activating group) is 2. The summed E-state index contributed by atoms with van der Waals surface area (Å²) in [7, 11) is 4.23. The Balaban J connectivity index is 1.67. The van der Waals surface area contributed by atoms with E-state index in [0.29, 0.717) is 0 Å². The van der Waals surface area contributed by atoms with Gasteiger partial charge in [-0.15, -0.1) is 0 Å². The first kappa shape index (κ1) is 12.8. The van der Waals surface area contributed by atoms with E-state index >= 15 is 0 Å². The van der Waals surface area contributed by atoms with Crippen LogP contribution in [0.5, 0.6) is 0 Å². The molecular weight excluding hydrogens is 228 g/mol. The highest BCUT2D eigenvalue weighted by atomic mass is 15.2. The molecule has 6 heteroatoms. The molecule has 2 heterocycles. The quantitative estimate of drug-likeness (QED) is 0.757. The summed E-state index contributed by atoms with van der Waals surface area (Å²) in [5.74, 6) is 0. The second-order valence-electron chi connectivity index (χ2n) is 4.63. The summed E-state index contributed by atoms with van der Waals surface area (Å²) >= 11 is 0. The molecule has 0 bridgehead atoms. The Morgan fingerprint density at radius 2 is 1.33 bits per heavy atom. The van der Waals surface area contributed by atoms with Crippen LogP contribution in [0.25, 0.3) is 0 Å². The Kier molecular flexibility index (Phi) is 4.49. The van der Waals surface area contributed by atoms with Crippen molar-refractivity contribution in [3.63, 3.8) is 0 Å². The molecule has 2 rings (SSSR count). The molecule has 0 radical (unpaired) electrons. The molecule has 0 atom stereocenters. The molecule has 0 unspecified atom stereocenters. The van der Waals surface area contributed by atoms with Crippen molar-refractivity contribution in [2.75, 3.05) is 27.2 Å². The molecule has 2 aromatic rings. The zero-order valence-electron chi connectivity index (χ0n) is 10.9. The van der Waals surface area contributed by atoms with Crippen molar-refractivity contribution in [1.82, 2.24) is 29.7 Å². The van der Waals surface area contributed by atoms with Crippen molar-refractivity contribution >= 4 is 0 Å². The third kappa shape index (κ3) is 3.97. The predicted molar refractivity (Wildman–Crippen MR) is 69.8 cm³/mol. The predicted octanol–water partition coefficient (Wildman–Crippen LogP) is 0.697. The molecule has 0 amide bonds. The van der Waals surface area contributed by atoms with Gasteiger partial charge in [0.1, 0.15) is 0 Å². The van der Waals surface area contributed by atoms with Crippen LogP contribution in [0.1, 0.15) is 11.4 Å². The van der Waals surface area contributed by atoms with Crippen molar-refractivity contribution < 1.29 is 0 Å². The Hall–Kier alpha value is -1.66. The smallest absolute Gasteiger partial charge is 0.0922 e. The fourth-order valence-electron chi connectivity index (χ4n) is 1.82. The maximum absolute atomic E-state index is 4.02. The Bertz CT molecular complexity index is 379. The minimum Gasteiger partial charge on any atom is -0.347 e. The molecular formula is C12H20N6. The standard InChI is InChI=1S/C12H20N6/c1-17(7-11-5-13-9-15-11)3-4-18(2)8-12-6-14-10-16-12/h5-6,9-10H,3-4,7-8H2,1-2H3,(H,13,15)(H,14,16). The summed E-state index contributed by atoms with van der Waals surface area (Å²) in [6.07, 6.45) is 7.16. The second kappa shape index (κ2) is 6.32. The Morgan fingerprint density at radius 1 is 0.889 bits per heavy atom. The summed E-state index contributed by atoms with van der Waals surface area (Å²) in [6, 6.07) is 0. The summed E-state index contributed by atoms with van der Waals surface area (Å²) in [6.45, 7) is 3.84. The maximum Gasteiger partial charge on any atom is 0.0922 e. The van der Waals surface area contributed by atoms with E-state index in [1.807, 2.05) is 12.4 Å². The van der Waals surface area contributed by atoms with Gasteiger partial charge in [0.05, 0.1) is 12.7 Å². The molecule has 98 valence electrons. The van der Waals surface area contributed by atoms with Crippen LogP contribution in [0.4, 0.5) is 0 Å². The third-order valence-corrected chi connectivity index (χ3v) is 2.85. The van der Waals surface area contributed by atoms with Gasteiger partial charge in [0.2, 0.25) is 0 Å². The molecule has 0 aromatic carbocycles.